The fourth-order valence-electron chi connectivity index (χ4n) is 2.44. The van der Waals surface area contributed by atoms with Crippen molar-refractivity contribution in [3.05, 3.63) is 17.3 Å². The van der Waals surface area contributed by atoms with E-state index in [0.29, 0.717) is 0 Å². The van der Waals surface area contributed by atoms with Gasteiger partial charge in [-0.25, -0.2) is 4.98 Å². The zero-order valence-electron chi connectivity index (χ0n) is 13.5. The molecule has 0 aliphatic carbocycles. The van der Waals surface area contributed by atoms with E-state index in [1.165, 1.54) is 5.69 Å². The van der Waals surface area contributed by atoms with Gasteiger partial charge in [0.05, 0.1) is 5.69 Å². The van der Waals surface area contributed by atoms with Crippen LogP contribution in [0.25, 0.3) is 4.96 Å². The Bertz CT molecular complexity index is 559. The van der Waals surface area contributed by atoms with Crippen molar-refractivity contribution in [1.29, 1.82) is 0 Å². The Hall–Kier alpha value is -1.11. The van der Waals surface area contributed by atoms with E-state index >= 15 is 0 Å². The van der Waals surface area contributed by atoms with Gasteiger partial charge in [-0.2, -0.15) is 0 Å². The molecule has 0 aliphatic rings. The maximum Gasteiger partial charge on any atom is 0.195 e. The lowest BCUT2D eigenvalue weighted by atomic mass is 10.1. The summed E-state index contributed by atoms with van der Waals surface area (Å²) in [7, 11) is 6.35. The standard InChI is InChI=1S/C15H27N5S/c1-5-12(16)11-13-14(17-15-20(13)9-10-21-15)19(4)8-6-7-18(2)3/h9-10,12H,5-8,11,16H2,1-4H3. The van der Waals surface area contributed by atoms with Crippen LogP contribution in [0.15, 0.2) is 11.6 Å². The summed E-state index contributed by atoms with van der Waals surface area (Å²) in [4.78, 5) is 10.3. The second-order valence-corrected chi connectivity index (χ2v) is 6.76. The highest BCUT2D eigenvalue weighted by atomic mass is 32.1. The maximum absolute atomic E-state index is 6.17. The van der Waals surface area contributed by atoms with Gasteiger partial charge in [-0.05, 0) is 33.5 Å². The number of anilines is 1. The Morgan fingerprint density at radius 1 is 1.33 bits per heavy atom. The first-order valence-corrected chi connectivity index (χ1v) is 8.46. The molecule has 2 aromatic rings. The predicted molar refractivity (Wildman–Crippen MR) is 91.5 cm³/mol. The zero-order valence-corrected chi connectivity index (χ0v) is 14.4. The van der Waals surface area contributed by atoms with Gasteiger partial charge in [0.1, 0.15) is 0 Å². The number of hydrogen-bond acceptors (Lipinski definition) is 5. The van der Waals surface area contributed by atoms with Gasteiger partial charge in [-0.1, -0.05) is 6.92 Å². The van der Waals surface area contributed by atoms with Gasteiger partial charge in [-0.3, -0.25) is 4.40 Å². The third kappa shape index (κ3) is 3.96. The fourth-order valence-corrected chi connectivity index (χ4v) is 3.17. The van der Waals surface area contributed by atoms with E-state index in [0.717, 1.165) is 43.1 Å². The lowest BCUT2D eigenvalue weighted by Crippen LogP contribution is -2.27. The molecule has 2 heterocycles. The largest absolute Gasteiger partial charge is 0.358 e. The Labute approximate surface area is 131 Å². The third-order valence-electron chi connectivity index (χ3n) is 3.78. The molecule has 0 radical (unpaired) electrons. The van der Waals surface area contributed by atoms with Gasteiger partial charge < -0.3 is 15.5 Å². The summed E-state index contributed by atoms with van der Waals surface area (Å²) in [6, 6.07) is 0.193. The summed E-state index contributed by atoms with van der Waals surface area (Å²) in [5.74, 6) is 1.09. The molecule has 0 aromatic carbocycles. The molecule has 0 saturated heterocycles. The third-order valence-corrected chi connectivity index (χ3v) is 4.54. The average Bonchev–Trinajstić information content (AvgIpc) is 3.00. The van der Waals surface area contributed by atoms with E-state index in [-0.39, 0.29) is 6.04 Å². The van der Waals surface area contributed by atoms with Crippen molar-refractivity contribution < 1.29 is 0 Å². The van der Waals surface area contributed by atoms with Gasteiger partial charge >= 0.3 is 0 Å². The summed E-state index contributed by atoms with van der Waals surface area (Å²) in [5.41, 5.74) is 7.41. The number of rotatable bonds is 8. The fraction of sp³-hybridized carbons (Fsp3) is 0.667. The number of thiazole rings is 1. The Balaban J connectivity index is 2.17. The van der Waals surface area contributed by atoms with Crippen LogP contribution in [0.4, 0.5) is 5.82 Å². The number of aromatic nitrogens is 2. The molecule has 5 nitrogen and oxygen atoms in total. The SMILES string of the molecule is CCC(N)Cc1c(N(C)CCCN(C)C)nc2sccn12. The minimum absolute atomic E-state index is 0.193. The molecule has 0 aliphatic heterocycles. The van der Waals surface area contributed by atoms with Crippen LogP contribution in [-0.4, -0.2) is 54.6 Å². The monoisotopic (exact) mass is 309 g/mol. The van der Waals surface area contributed by atoms with Crippen LogP contribution in [0.1, 0.15) is 25.5 Å². The Morgan fingerprint density at radius 2 is 2.10 bits per heavy atom. The highest BCUT2D eigenvalue weighted by Gasteiger charge is 2.18. The van der Waals surface area contributed by atoms with E-state index in [1.54, 1.807) is 11.3 Å². The molecular weight excluding hydrogens is 282 g/mol. The van der Waals surface area contributed by atoms with Crippen LogP contribution in [0.5, 0.6) is 0 Å². The van der Waals surface area contributed by atoms with Crippen LogP contribution >= 0.6 is 11.3 Å². The normalized spacial score (nSPS) is 13.2. The zero-order chi connectivity index (χ0) is 15.4. The van der Waals surface area contributed by atoms with Gasteiger partial charge in [0.25, 0.3) is 0 Å². The molecule has 118 valence electrons. The number of imidazole rings is 1. The quantitative estimate of drug-likeness (QED) is 0.811. The summed E-state index contributed by atoms with van der Waals surface area (Å²) in [5, 5.41) is 2.08. The van der Waals surface area contributed by atoms with E-state index in [1.807, 2.05) is 0 Å². The molecule has 1 unspecified atom stereocenters. The first-order chi connectivity index (χ1) is 10.0. The molecule has 2 N–H and O–H groups in total. The minimum Gasteiger partial charge on any atom is -0.358 e. The van der Waals surface area contributed by atoms with E-state index < -0.39 is 0 Å². The number of nitrogens with two attached hydrogens (primary N) is 1. The predicted octanol–water partition coefficient (Wildman–Crippen LogP) is 2.06. The van der Waals surface area contributed by atoms with E-state index in [9.17, 15) is 0 Å². The molecule has 2 aromatic heterocycles. The second kappa shape index (κ2) is 7.24. The van der Waals surface area contributed by atoms with Gasteiger partial charge in [0, 0.05) is 37.6 Å². The average molecular weight is 309 g/mol. The Kier molecular flexibility index (Phi) is 5.61. The van der Waals surface area contributed by atoms with Crippen LogP contribution in [0.2, 0.25) is 0 Å². The molecular formula is C15H27N5S. The van der Waals surface area contributed by atoms with Crippen LogP contribution in [0.3, 0.4) is 0 Å². The topological polar surface area (TPSA) is 49.8 Å². The van der Waals surface area contributed by atoms with Gasteiger partial charge in [0.15, 0.2) is 10.8 Å². The van der Waals surface area contributed by atoms with Crippen molar-refractivity contribution in [1.82, 2.24) is 14.3 Å². The number of hydrogen-bond donors (Lipinski definition) is 1. The lowest BCUT2D eigenvalue weighted by molar-refractivity contribution is 0.401. The van der Waals surface area contributed by atoms with Crippen LogP contribution in [0, 0.1) is 0 Å². The molecule has 2 rings (SSSR count). The minimum atomic E-state index is 0.193. The van der Waals surface area contributed by atoms with Crippen molar-refractivity contribution in [2.45, 2.75) is 32.2 Å². The van der Waals surface area contributed by atoms with Gasteiger partial charge in [-0.15, -0.1) is 11.3 Å². The first-order valence-electron chi connectivity index (χ1n) is 7.58. The molecule has 1 atom stereocenters. The molecule has 21 heavy (non-hydrogen) atoms. The van der Waals surface area contributed by atoms with Gasteiger partial charge in [0.2, 0.25) is 0 Å². The summed E-state index contributed by atoms with van der Waals surface area (Å²) < 4.78 is 2.19. The molecule has 0 saturated carbocycles. The van der Waals surface area contributed by atoms with Crippen molar-refractivity contribution in [2.24, 2.45) is 5.73 Å². The number of fused-ring (bicyclic) bond motifs is 1. The van der Waals surface area contributed by atoms with Crippen molar-refractivity contribution >= 4 is 22.1 Å². The summed E-state index contributed by atoms with van der Waals surface area (Å²) in [6.45, 7) is 4.24. The highest BCUT2D eigenvalue weighted by Crippen LogP contribution is 2.25. The molecule has 0 spiro atoms. The molecule has 0 amide bonds. The van der Waals surface area contributed by atoms with Crippen molar-refractivity contribution in [3.8, 4) is 0 Å². The molecule has 0 fully saturated rings. The second-order valence-electron chi connectivity index (χ2n) is 5.89. The van der Waals surface area contributed by atoms with Crippen molar-refractivity contribution in [3.63, 3.8) is 0 Å². The highest BCUT2D eigenvalue weighted by molar-refractivity contribution is 7.15. The summed E-state index contributed by atoms with van der Waals surface area (Å²) >= 11 is 1.68. The van der Waals surface area contributed by atoms with Crippen LogP contribution in [-0.2, 0) is 6.42 Å². The van der Waals surface area contributed by atoms with E-state index in [2.05, 4.69) is 53.8 Å². The lowest BCUT2D eigenvalue weighted by Gasteiger charge is -2.20. The molecule has 0 bridgehead atoms. The molecule has 6 heteroatoms. The van der Waals surface area contributed by atoms with Crippen molar-refractivity contribution in [2.75, 3.05) is 39.1 Å². The number of nitrogens with zero attached hydrogens (tertiary/aromatic N) is 4. The van der Waals surface area contributed by atoms with Crippen LogP contribution < -0.4 is 10.6 Å². The van der Waals surface area contributed by atoms with E-state index in [4.69, 9.17) is 10.7 Å². The summed E-state index contributed by atoms with van der Waals surface area (Å²) in [6.07, 6.45) is 5.10. The smallest absolute Gasteiger partial charge is 0.195 e. The first kappa shape index (κ1) is 16.3. The maximum atomic E-state index is 6.17. The Morgan fingerprint density at radius 3 is 2.76 bits per heavy atom.